The minimum atomic E-state index is -0.881. The number of H-pyrrole nitrogens is 1. The summed E-state index contributed by atoms with van der Waals surface area (Å²) in [5.41, 5.74) is -1.14. The lowest BCUT2D eigenvalue weighted by Gasteiger charge is -2.14. The van der Waals surface area contributed by atoms with Gasteiger partial charge in [-0.25, -0.2) is 4.79 Å². The van der Waals surface area contributed by atoms with Crippen LogP contribution in [0.25, 0.3) is 0 Å². The maximum atomic E-state index is 11.7. The van der Waals surface area contributed by atoms with Gasteiger partial charge in [-0.2, -0.15) is 5.26 Å². The number of rotatable bonds is 3. The fourth-order valence-corrected chi connectivity index (χ4v) is 2.00. The number of aliphatic hydroxyl groups excluding tert-OH is 2. The van der Waals surface area contributed by atoms with E-state index >= 15 is 0 Å². The molecule has 19 heavy (non-hydrogen) atoms. The van der Waals surface area contributed by atoms with Gasteiger partial charge in [-0.05, 0) is 0 Å². The van der Waals surface area contributed by atoms with Crippen molar-refractivity contribution in [1.82, 2.24) is 9.55 Å². The minimum absolute atomic E-state index is 0.128. The molecular weight excluding hydrogens is 254 g/mol. The van der Waals surface area contributed by atoms with Gasteiger partial charge in [-0.1, -0.05) is 0 Å². The first kappa shape index (κ1) is 13.5. The number of nitrogens with zero attached hydrogens (tertiary/aromatic N) is 2. The van der Waals surface area contributed by atoms with E-state index in [1.165, 1.54) is 6.20 Å². The van der Waals surface area contributed by atoms with E-state index in [1.807, 2.05) is 6.07 Å². The summed E-state index contributed by atoms with van der Waals surface area (Å²) in [6.45, 7) is -0.360. The van der Waals surface area contributed by atoms with Crippen molar-refractivity contribution in [2.45, 2.75) is 31.3 Å². The molecule has 102 valence electrons. The van der Waals surface area contributed by atoms with E-state index in [0.717, 1.165) is 4.57 Å². The molecule has 1 saturated heterocycles. The Morgan fingerprint density at radius 3 is 2.89 bits per heavy atom. The molecule has 1 fully saturated rings. The molecule has 1 aliphatic rings. The second kappa shape index (κ2) is 5.36. The van der Waals surface area contributed by atoms with Crippen LogP contribution in [0, 0.1) is 11.3 Å². The van der Waals surface area contributed by atoms with Crippen molar-refractivity contribution in [3.8, 4) is 6.07 Å². The van der Waals surface area contributed by atoms with Crippen molar-refractivity contribution >= 4 is 0 Å². The van der Waals surface area contributed by atoms with Gasteiger partial charge in [0.25, 0.3) is 5.56 Å². The van der Waals surface area contributed by atoms with Crippen molar-refractivity contribution < 1.29 is 14.9 Å². The van der Waals surface area contributed by atoms with Crippen molar-refractivity contribution in [2.75, 3.05) is 6.61 Å². The van der Waals surface area contributed by atoms with Gasteiger partial charge >= 0.3 is 5.69 Å². The molecule has 1 aliphatic heterocycles. The SMILES string of the molecule is N#CCc1cn([C@H]2C[C@H](O)[C@@H](CO)O2)c(=O)[nH]c1=O. The van der Waals surface area contributed by atoms with Crippen LogP contribution >= 0.6 is 0 Å². The fraction of sp³-hybridized carbons (Fsp3) is 0.545. The van der Waals surface area contributed by atoms with Crippen molar-refractivity contribution in [2.24, 2.45) is 0 Å². The minimum Gasteiger partial charge on any atom is -0.394 e. The highest BCUT2D eigenvalue weighted by atomic mass is 16.5. The molecule has 8 heteroatoms. The third kappa shape index (κ3) is 2.58. The first-order chi connectivity index (χ1) is 9.06. The normalized spacial score (nSPS) is 26.3. The second-order valence-electron chi connectivity index (χ2n) is 4.27. The first-order valence-electron chi connectivity index (χ1n) is 5.72. The Morgan fingerprint density at radius 2 is 2.32 bits per heavy atom. The summed E-state index contributed by atoms with van der Waals surface area (Å²) in [5.74, 6) is 0. The predicted octanol–water partition coefficient (Wildman–Crippen LogP) is -1.76. The highest BCUT2D eigenvalue weighted by Crippen LogP contribution is 2.27. The molecule has 0 unspecified atom stereocenters. The lowest BCUT2D eigenvalue weighted by Crippen LogP contribution is -2.34. The molecule has 2 heterocycles. The Morgan fingerprint density at radius 1 is 1.58 bits per heavy atom. The molecule has 0 aliphatic carbocycles. The van der Waals surface area contributed by atoms with Gasteiger partial charge in [0.05, 0.1) is 25.2 Å². The Bertz CT molecular complexity index is 614. The van der Waals surface area contributed by atoms with E-state index in [-0.39, 0.29) is 25.0 Å². The summed E-state index contributed by atoms with van der Waals surface area (Å²) in [6, 6.07) is 1.83. The van der Waals surface area contributed by atoms with Crippen LogP contribution in [0.3, 0.4) is 0 Å². The lowest BCUT2D eigenvalue weighted by atomic mass is 10.2. The standard InChI is InChI=1S/C11H13N3O5/c12-2-1-6-4-14(11(18)13-10(6)17)9-3-7(16)8(5-15)19-9/h4,7-9,15-16H,1,3,5H2,(H,13,17,18)/t7-,8+,9+/m0/s1. The number of aromatic nitrogens is 2. The summed E-state index contributed by atoms with van der Waals surface area (Å²) in [5, 5.41) is 27.2. The summed E-state index contributed by atoms with van der Waals surface area (Å²) in [7, 11) is 0. The van der Waals surface area contributed by atoms with Crippen LogP contribution in [-0.4, -0.2) is 38.6 Å². The maximum Gasteiger partial charge on any atom is 0.330 e. The molecule has 0 amide bonds. The number of aromatic amines is 1. The molecule has 3 N–H and O–H groups in total. The molecule has 0 aromatic carbocycles. The van der Waals surface area contributed by atoms with E-state index < -0.39 is 29.7 Å². The molecule has 3 atom stereocenters. The van der Waals surface area contributed by atoms with Crippen LogP contribution in [0.2, 0.25) is 0 Å². The van der Waals surface area contributed by atoms with Crippen LogP contribution in [0.4, 0.5) is 0 Å². The smallest absolute Gasteiger partial charge is 0.330 e. The first-order valence-corrected chi connectivity index (χ1v) is 5.72. The van der Waals surface area contributed by atoms with E-state index in [1.54, 1.807) is 0 Å². The lowest BCUT2D eigenvalue weighted by molar-refractivity contribution is -0.0459. The third-order valence-electron chi connectivity index (χ3n) is 3.01. The third-order valence-corrected chi connectivity index (χ3v) is 3.01. The van der Waals surface area contributed by atoms with Crippen LogP contribution in [-0.2, 0) is 11.2 Å². The molecule has 1 aromatic rings. The Hall–Kier alpha value is -1.95. The monoisotopic (exact) mass is 267 g/mol. The van der Waals surface area contributed by atoms with Gasteiger partial charge in [0.1, 0.15) is 12.3 Å². The Balaban J connectivity index is 2.36. The van der Waals surface area contributed by atoms with Crippen LogP contribution in [0.5, 0.6) is 0 Å². The van der Waals surface area contributed by atoms with Crippen molar-refractivity contribution in [3.63, 3.8) is 0 Å². The fourth-order valence-electron chi connectivity index (χ4n) is 2.00. The summed E-state index contributed by atoms with van der Waals surface area (Å²) >= 11 is 0. The largest absolute Gasteiger partial charge is 0.394 e. The molecule has 0 radical (unpaired) electrons. The highest BCUT2D eigenvalue weighted by molar-refractivity contribution is 5.10. The maximum absolute atomic E-state index is 11.7. The molecule has 0 spiro atoms. The molecule has 0 bridgehead atoms. The van der Waals surface area contributed by atoms with Crippen molar-refractivity contribution in [3.05, 3.63) is 32.6 Å². The Kier molecular flexibility index (Phi) is 3.80. The molecule has 1 aromatic heterocycles. The topological polar surface area (TPSA) is 128 Å². The van der Waals surface area contributed by atoms with Gasteiger partial charge in [0, 0.05) is 18.2 Å². The van der Waals surface area contributed by atoms with Gasteiger partial charge in [-0.15, -0.1) is 0 Å². The zero-order chi connectivity index (χ0) is 14.0. The molecule has 8 nitrogen and oxygen atoms in total. The molecular formula is C11H13N3O5. The van der Waals surface area contributed by atoms with Crippen LogP contribution in [0.1, 0.15) is 18.2 Å². The van der Waals surface area contributed by atoms with Gasteiger partial charge < -0.3 is 14.9 Å². The van der Waals surface area contributed by atoms with Gasteiger partial charge in [-0.3, -0.25) is 14.3 Å². The van der Waals surface area contributed by atoms with E-state index in [0.29, 0.717) is 0 Å². The van der Waals surface area contributed by atoms with E-state index in [4.69, 9.17) is 15.1 Å². The molecule has 0 saturated carbocycles. The van der Waals surface area contributed by atoms with Gasteiger partial charge in [0.2, 0.25) is 0 Å². The second-order valence-corrected chi connectivity index (χ2v) is 4.27. The van der Waals surface area contributed by atoms with Crippen molar-refractivity contribution in [1.29, 1.82) is 5.26 Å². The van der Waals surface area contributed by atoms with E-state index in [9.17, 15) is 14.7 Å². The van der Waals surface area contributed by atoms with Crippen LogP contribution in [0.15, 0.2) is 15.8 Å². The number of aliphatic hydroxyl groups is 2. The number of hydrogen-bond acceptors (Lipinski definition) is 6. The predicted molar refractivity (Wildman–Crippen MR) is 62.3 cm³/mol. The molecule has 2 rings (SSSR count). The highest BCUT2D eigenvalue weighted by Gasteiger charge is 2.35. The van der Waals surface area contributed by atoms with Crippen LogP contribution < -0.4 is 11.2 Å². The zero-order valence-corrected chi connectivity index (χ0v) is 9.94. The van der Waals surface area contributed by atoms with E-state index in [2.05, 4.69) is 4.98 Å². The average Bonchev–Trinajstić information content (AvgIpc) is 2.74. The Labute approximate surface area is 107 Å². The average molecular weight is 267 g/mol. The number of nitrogens with one attached hydrogen (secondary N) is 1. The summed E-state index contributed by atoms with van der Waals surface area (Å²) < 4.78 is 6.44. The quantitative estimate of drug-likeness (QED) is 0.595. The number of nitriles is 1. The zero-order valence-electron chi connectivity index (χ0n) is 9.94. The van der Waals surface area contributed by atoms with Gasteiger partial charge in [0.15, 0.2) is 0 Å². The summed E-state index contributed by atoms with van der Waals surface area (Å²) in [6.07, 6.45) is -1.16. The number of ether oxygens (including phenoxy) is 1. The number of hydrogen-bond donors (Lipinski definition) is 3. The summed E-state index contributed by atoms with van der Waals surface area (Å²) in [4.78, 5) is 25.2.